The zero-order valence-corrected chi connectivity index (χ0v) is 24.6. The minimum atomic E-state index is 0.537. The molecule has 0 spiro atoms. The molecule has 3 aromatic heterocycles. The van der Waals surface area contributed by atoms with Gasteiger partial charge in [-0.3, -0.25) is 9.13 Å². The van der Waals surface area contributed by atoms with Crippen LogP contribution in [-0.4, -0.2) is 34.3 Å². The van der Waals surface area contributed by atoms with Crippen molar-refractivity contribution in [1.29, 1.82) is 0 Å². The molecule has 0 bridgehead atoms. The highest BCUT2D eigenvalue weighted by molar-refractivity contribution is 6.21. The Balaban J connectivity index is 1.53. The van der Waals surface area contributed by atoms with E-state index < -0.39 is 0 Å². The summed E-state index contributed by atoms with van der Waals surface area (Å²) in [7, 11) is 0. The van der Waals surface area contributed by atoms with E-state index in [0.29, 0.717) is 22.4 Å². The van der Waals surface area contributed by atoms with E-state index >= 15 is 0 Å². The molecular weight excluding hydrogens is 566 g/mol. The predicted octanol–water partition coefficient (Wildman–Crippen LogP) is 8.70. The monoisotopic (exact) mass is 591 g/mol. The average Bonchev–Trinajstić information content (AvgIpc) is 3.74. The highest BCUT2D eigenvalue weighted by atomic mass is 15.2. The van der Waals surface area contributed by atoms with Gasteiger partial charge in [0.15, 0.2) is 5.82 Å². The van der Waals surface area contributed by atoms with Gasteiger partial charge in [-0.25, -0.2) is 15.0 Å². The van der Waals surface area contributed by atoms with E-state index in [9.17, 15) is 0 Å². The highest BCUT2D eigenvalue weighted by Crippen LogP contribution is 2.41. The molecular formula is C39H25N7. The molecule has 0 fully saturated rings. The fourth-order valence-corrected chi connectivity index (χ4v) is 6.19. The number of benzene rings is 6. The normalized spacial score (nSPS) is 11.5. The number of hydrogen-bond donors (Lipinski definition) is 0. The van der Waals surface area contributed by atoms with Crippen LogP contribution in [0.25, 0.3) is 78.6 Å². The minimum absolute atomic E-state index is 0.537. The number of para-hydroxylation sites is 2. The van der Waals surface area contributed by atoms with E-state index in [4.69, 9.17) is 20.1 Å². The Kier molecular flexibility index (Phi) is 5.99. The molecule has 0 unspecified atom stereocenters. The topological polar surface area (TPSA) is 74.3 Å². The van der Waals surface area contributed by atoms with Gasteiger partial charge in [0.1, 0.15) is 44.7 Å². The van der Waals surface area contributed by atoms with Crippen molar-refractivity contribution in [1.82, 2.24) is 34.3 Å². The molecule has 0 saturated heterocycles. The fraction of sp³-hybridized carbons (Fsp3) is 0. The molecule has 46 heavy (non-hydrogen) atoms. The van der Waals surface area contributed by atoms with Gasteiger partial charge in [0.25, 0.3) is 0 Å². The summed E-state index contributed by atoms with van der Waals surface area (Å²) in [5.41, 5.74) is 9.30. The number of nitrogens with zero attached hydrogens (tertiary/aromatic N) is 7. The number of rotatable bonds is 5. The lowest BCUT2D eigenvalue weighted by Gasteiger charge is -2.14. The molecule has 6 aromatic carbocycles. The molecule has 0 aliphatic heterocycles. The molecule has 3 heterocycles. The number of aromatic nitrogens is 7. The second-order valence-corrected chi connectivity index (χ2v) is 11.0. The molecule has 0 atom stereocenters. The molecule has 0 saturated carbocycles. The lowest BCUT2D eigenvalue weighted by Crippen LogP contribution is -2.02. The first-order valence-electron chi connectivity index (χ1n) is 15.1. The molecule has 9 rings (SSSR count). The third-order valence-electron chi connectivity index (χ3n) is 8.24. The Morgan fingerprint density at radius 2 is 0.717 bits per heavy atom. The molecule has 7 heteroatoms. The van der Waals surface area contributed by atoms with E-state index in [-0.39, 0.29) is 0 Å². The van der Waals surface area contributed by atoms with Crippen molar-refractivity contribution >= 4 is 33.1 Å². The minimum Gasteiger partial charge on any atom is -0.290 e. The van der Waals surface area contributed by atoms with Gasteiger partial charge in [0.2, 0.25) is 0 Å². The van der Waals surface area contributed by atoms with Crippen LogP contribution in [0.1, 0.15) is 0 Å². The van der Waals surface area contributed by atoms with Crippen LogP contribution in [-0.2, 0) is 0 Å². The van der Waals surface area contributed by atoms with Crippen LogP contribution >= 0.6 is 0 Å². The summed E-state index contributed by atoms with van der Waals surface area (Å²) in [4.78, 5) is 15.9. The van der Waals surface area contributed by atoms with Crippen LogP contribution in [0.5, 0.6) is 0 Å². The van der Waals surface area contributed by atoms with Crippen LogP contribution < -0.4 is 0 Å². The van der Waals surface area contributed by atoms with Gasteiger partial charge in [0.05, 0.1) is 0 Å². The van der Waals surface area contributed by atoms with E-state index in [1.165, 1.54) is 0 Å². The first kappa shape index (κ1) is 26.0. The van der Waals surface area contributed by atoms with Crippen LogP contribution in [0.2, 0.25) is 0 Å². The molecule has 0 radical (unpaired) electrons. The predicted molar refractivity (Wildman–Crippen MR) is 183 cm³/mol. The second-order valence-electron chi connectivity index (χ2n) is 11.0. The molecule has 7 nitrogen and oxygen atoms in total. The summed E-state index contributed by atoms with van der Waals surface area (Å²) in [5, 5.41) is 9.44. The van der Waals surface area contributed by atoms with Gasteiger partial charge in [-0.1, -0.05) is 127 Å². The Hall–Kier alpha value is -6.47. The zero-order chi connectivity index (χ0) is 30.5. The summed E-state index contributed by atoms with van der Waals surface area (Å²) in [5.74, 6) is 2.14. The van der Waals surface area contributed by atoms with Crippen molar-refractivity contribution in [2.24, 2.45) is 0 Å². The Labute approximate surface area is 264 Å². The summed E-state index contributed by atoms with van der Waals surface area (Å²) in [6.07, 6.45) is 0. The van der Waals surface area contributed by atoms with Gasteiger partial charge in [0, 0.05) is 28.1 Å². The van der Waals surface area contributed by atoms with Crippen molar-refractivity contribution in [3.8, 4) is 45.5 Å². The van der Waals surface area contributed by atoms with Crippen molar-refractivity contribution in [3.63, 3.8) is 0 Å². The van der Waals surface area contributed by atoms with Gasteiger partial charge in [-0.2, -0.15) is 0 Å². The average molecular weight is 592 g/mol. The molecule has 0 aliphatic carbocycles. The van der Waals surface area contributed by atoms with E-state index in [2.05, 4.69) is 74.9 Å². The van der Waals surface area contributed by atoms with E-state index in [1.54, 1.807) is 0 Å². The van der Waals surface area contributed by atoms with Gasteiger partial charge >= 0.3 is 0 Å². The molecule has 0 amide bonds. The van der Waals surface area contributed by atoms with Crippen molar-refractivity contribution < 1.29 is 0 Å². The molecule has 216 valence electrons. The maximum atomic E-state index is 5.38. The quantitative estimate of drug-likeness (QED) is 0.200. The largest absolute Gasteiger partial charge is 0.290 e. The molecule has 0 aliphatic rings. The third-order valence-corrected chi connectivity index (χ3v) is 8.24. The lowest BCUT2D eigenvalue weighted by atomic mass is 10.1. The Morgan fingerprint density at radius 3 is 1.17 bits per heavy atom. The van der Waals surface area contributed by atoms with Crippen LogP contribution in [0.3, 0.4) is 0 Å². The molecule has 9 aromatic rings. The Morgan fingerprint density at radius 1 is 0.326 bits per heavy atom. The van der Waals surface area contributed by atoms with Gasteiger partial charge in [-0.15, -0.1) is 10.2 Å². The molecule has 0 N–H and O–H groups in total. The standard InChI is InChI=1S/C39H25N7/c1-6-16-26(17-7-1)37-40-31-32(43-44-37)34-36(46(30-24-14-5-15-25-30)39(42-34)28-20-10-3-11-21-28)35-33(31)41-38(27-18-8-2-9-19-27)45(35)29-22-12-4-13-23-29/h1-25H. The zero-order valence-electron chi connectivity index (χ0n) is 24.6. The number of fused-ring (bicyclic) bond motifs is 6. The van der Waals surface area contributed by atoms with Crippen molar-refractivity contribution in [2.75, 3.05) is 0 Å². The summed E-state index contributed by atoms with van der Waals surface area (Å²) in [6, 6.07) is 51.1. The Bertz CT molecular complexity index is 2490. The van der Waals surface area contributed by atoms with Crippen LogP contribution in [0.15, 0.2) is 152 Å². The second kappa shape index (κ2) is 10.6. The maximum Gasteiger partial charge on any atom is 0.182 e. The van der Waals surface area contributed by atoms with Gasteiger partial charge in [-0.05, 0) is 24.3 Å². The fourth-order valence-electron chi connectivity index (χ4n) is 6.19. The van der Waals surface area contributed by atoms with E-state index in [1.807, 2.05) is 91.0 Å². The first-order chi connectivity index (χ1) is 22.8. The summed E-state index contributed by atoms with van der Waals surface area (Å²) in [6.45, 7) is 0. The maximum absolute atomic E-state index is 5.38. The summed E-state index contributed by atoms with van der Waals surface area (Å²) >= 11 is 0. The first-order valence-corrected chi connectivity index (χ1v) is 15.1. The highest BCUT2D eigenvalue weighted by Gasteiger charge is 2.27. The summed E-state index contributed by atoms with van der Waals surface area (Å²) < 4.78 is 4.45. The lowest BCUT2D eigenvalue weighted by molar-refractivity contribution is 1.04. The van der Waals surface area contributed by atoms with Crippen LogP contribution in [0.4, 0.5) is 0 Å². The third kappa shape index (κ3) is 4.10. The van der Waals surface area contributed by atoms with Crippen molar-refractivity contribution in [3.05, 3.63) is 152 Å². The number of hydrogen-bond acceptors (Lipinski definition) is 5. The smallest absolute Gasteiger partial charge is 0.182 e. The van der Waals surface area contributed by atoms with Crippen LogP contribution in [0, 0.1) is 0 Å². The van der Waals surface area contributed by atoms with Gasteiger partial charge < -0.3 is 0 Å². The van der Waals surface area contributed by atoms with E-state index in [0.717, 1.165) is 56.3 Å². The SMILES string of the molecule is c1ccc(-c2nnc3c(n2)c2nc(-c4ccccc4)n(-c4ccccc4)c2c2c3nc(-c3ccccc3)n2-c2ccccc2)cc1. The number of imidazole rings is 2. The van der Waals surface area contributed by atoms with Crippen molar-refractivity contribution in [2.45, 2.75) is 0 Å².